The topological polar surface area (TPSA) is 102 Å². The zero-order valence-electron chi connectivity index (χ0n) is 16.5. The van der Waals surface area contributed by atoms with Gasteiger partial charge in [-0.3, -0.25) is 14.9 Å². The van der Waals surface area contributed by atoms with Crippen molar-refractivity contribution in [2.45, 2.75) is 33.6 Å². The molecule has 0 fully saturated rings. The number of benzene rings is 1. The summed E-state index contributed by atoms with van der Waals surface area (Å²) in [5.41, 5.74) is -2.10. The Morgan fingerprint density at radius 1 is 1.14 bits per heavy atom. The Morgan fingerprint density at radius 2 is 1.69 bits per heavy atom. The lowest BCUT2D eigenvalue weighted by molar-refractivity contribution is -0.388. The van der Waals surface area contributed by atoms with E-state index >= 15 is 0 Å². The van der Waals surface area contributed by atoms with E-state index in [1.807, 2.05) is 13.8 Å². The van der Waals surface area contributed by atoms with Gasteiger partial charge in [0.25, 0.3) is 0 Å². The smallest absolute Gasteiger partial charge is 0.343 e. The third-order valence-electron chi connectivity index (χ3n) is 3.95. The number of halogens is 3. The highest BCUT2D eigenvalue weighted by Gasteiger charge is 2.37. The highest BCUT2D eigenvalue weighted by molar-refractivity contribution is 6.25. The molecule has 1 aromatic rings. The standard InChI is InChI=1S/C18H22F3N3O5/c1-5-7-23(8-6-2)22-9-11(18(26)29-4)17(25)12-13(19)10(3)14(20)15(21)16(12)24(27)28/h9,22H,5-8H2,1-4H3. The summed E-state index contributed by atoms with van der Waals surface area (Å²) in [6.07, 6.45) is 2.36. The number of hydrogen-bond donors (Lipinski definition) is 1. The maximum absolute atomic E-state index is 14.5. The van der Waals surface area contributed by atoms with E-state index in [2.05, 4.69) is 10.2 Å². The van der Waals surface area contributed by atoms with Gasteiger partial charge < -0.3 is 10.2 Å². The molecule has 0 atom stereocenters. The number of nitro benzene ring substituents is 1. The number of esters is 1. The number of carbonyl (C=O) groups excluding carboxylic acids is 2. The van der Waals surface area contributed by atoms with Gasteiger partial charge in [0.05, 0.1) is 12.0 Å². The molecule has 0 bridgehead atoms. The molecular formula is C18H22F3N3O5. The molecule has 0 heterocycles. The first-order chi connectivity index (χ1) is 13.6. The second-order valence-electron chi connectivity index (χ2n) is 6.04. The number of ketones is 1. The summed E-state index contributed by atoms with van der Waals surface area (Å²) in [7, 11) is 0.945. The number of nitro groups is 1. The van der Waals surface area contributed by atoms with Crippen LogP contribution in [0.2, 0.25) is 0 Å². The average Bonchev–Trinajstić information content (AvgIpc) is 2.68. The predicted molar refractivity (Wildman–Crippen MR) is 97.4 cm³/mol. The van der Waals surface area contributed by atoms with Gasteiger partial charge >= 0.3 is 11.7 Å². The molecule has 0 radical (unpaired) electrons. The minimum absolute atomic E-state index is 0.534. The van der Waals surface area contributed by atoms with Gasteiger partial charge in [-0.1, -0.05) is 13.8 Å². The Kier molecular flexibility index (Phi) is 8.77. The van der Waals surface area contributed by atoms with E-state index in [1.54, 1.807) is 5.01 Å². The molecule has 1 N–H and O–H groups in total. The van der Waals surface area contributed by atoms with Gasteiger partial charge in [-0.15, -0.1) is 0 Å². The summed E-state index contributed by atoms with van der Waals surface area (Å²) in [5.74, 6) is -8.15. The fraction of sp³-hybridized carbons (Fsp3) is 0.444. The van der Waals surface area contributed by atoms with E-state index in [-0.39, 0.29) is 0 Å². The van der Waals surface area contributed by atoms with Crippen LogP contribution in [0.25, 0.3) is 0 Å². The van der Waals surface area contributed by atoms with Crippen LogP contribution in [0, 0.1) is 34.5 Å². The molecule has 1 rings (SSSR count). The van der Waals surface area contributed by atoms with Crippen LogP contribution in [0.3, 0.4) is 0 Å². The first kappa shape index (κ1) is 24.1. The number of hydrogen-bond acceptors (Lipinski definition) is 7. The molecule has 0 aliphatic carbocycles. The second kappa shape index (κ2) is 10.6. The van der Waals surface area contributed by atoms with Crippen LogP contribution < -0.4 is 5.43 Å². The van der Waals surface area contributed by atoms with E-state index < -0.39 is 56.5 Å². The van der Waals surface area contributed by atoms with Crippen molar-refractivity contribution in [1.29, 1.82) is 0 Å². The van der Waals surface area contributed by atoms with Gasteiger partial charge in [0.1, 0.15) is 17.0 Å². The van der Waals surface area contributed by atoms with E-state index in [0.717, 1.165) is 33.1 Å². The van der Waals surface area contributed by atoms with Crippen LogP contribution in [0.4, 0.5) is 18.9 Å². The van der Waals surface area contributed by atoms with Crippen LogP contribution in [0.1, 0.15) is 42.6 Å². The molecule has 0 saturated heterocycles. The molecule has 0 aliphatic rings. The number of rotatable bonds is 10. The van der Waals surface area contributed by atoms with Gasteiger partial charge in [-0.25, -0.2) is 18.6 Å². The molecule has 1 aromatic carbocycles. The Balaban J connectivity index is 3.58. The molecular weight excluding hydrogens is 395 g/mol. The maximum atomic E-state index is 14.5. The highest BCUT2D eigenvalue weighted by Crippen LogP contribution is 2.32. The predicted octanol–water partition coefficient (Wildman–Crippen LogP) is 3.19. The lowest BCUT2D eigenvalue weighted by atomic mass is 9.98. The van der Waals surface area contributed by atoms with Crippen LogP contribution in [-0.4, -0.2) is 41.9 Å². The van der Waals surface area contributed by atoms with Crippen LogP contribution in [0.5, 0.6) is 0 Å². The summed E-state index contributed by atoms with van der Waals surface area (Å²) < 4.78 is 46.9. The zero-order chi connectivity index (χ0) is 22.3. The summed E-state index contributed by atoms with van der Waals surface area (Å²) in [6.45, 7) is 5.67. The maximum Gasteiger partial charge on any atom is 0.343 e. The number of carbonyl (C=O) groups is 2. The van der Waals surface area contributed by atoms with Gasteiger partial charge in [0.15, 0.2) is 5.82 Å². The number of hydrazine groups is 1. The van der Waals surface area contributed by atoms with Crippen molar-refractivity contribution >= 4 is 17.4 Å². The monoisotopic (exact) mass is 417 g/mol. The number of ether oxygens (including phenoxy) is 1. The summed E-state index contributed by atoms with van der Waals surface area (Å²) in [6, 6.07) is 0. The molecule has 0 aromatic heterocycles. The SMILES string of the molecule is CCCN(CCC)NC=C(C(=O)OC)C(=O)c1c(F)c(C)c(F)c(F)c1[N+](=O)[O-]. The lowest BCUT2D eigenvalue weighted by Gasteiger charge is -2.21. The summed E-state index contributed by atoms with van der Waals surface area (Å²) in [5, 5.41) is 12.8. The van der Waals surface area contributed by atoms with Crippen LogP contribution in [0.15, 0.2) is 11.8 Å². The molecule has 29 heavy (non-hydrogen) atoms. The van der Waals surface area contributed by atoms with Gasteiger partial charge in [-0.2, -0.15) is 4.39 Å². The molecule has 0 saturated carbocycles. The molecule has 0 aliphatic heterocycles. The molecule has 0 spiro atoms. The average molecular weight is 417 g/mol. The van der Waals surface area contributed by atoms with Crippen molar-refractivity contribution in [3.8, 4) is 0 Å². The molecule has 11 heteroatoms. The molecule has 0 unspecified atom stereocenters. The fourth-order valence-corrected chi connectivity index (χ4v) is 2.54. The van der Waals surface area contributed by atoms with E-state index in [9.17, 15) is 32.9 Å². The lowest BCUT2D eigenvalue weighted by Crippen LogP contribution is -2.36. The molecule has 160 valence electrons. The first-order valence-corrected chi connectivity index (χ1v) is 8.77. The number of nitrogens with zero attached hydrogens (tertiary/aromatic N) is 2. The van der Waals surface area contributed by atoms with E-state index in [4.69, 9.17) is 0 Å². The third-order valence-corrected chi connectivity index (χ3v) is 3.95. The Hall–Kier alpha value is -2.95. The second-order valence-corrected chi connectivity index (χ2v) is 6.04. The van der Waals surface area contributed by atoms with Crippen molar-refractivity contribution in [2.75, 3.05) is 20.2 Å². The molecule has 8 nitrogen and oxygen atoms in total. The van der Waals surface area contributed by atoms with Crippen LogP contribution >= 0.6 is 0 Å². The van der Waals surface area contributed by atoms with E-state index in [0.29, 0.717) is 13.1 Å². The minimum atomic E-state index is -1.99. The molecule has 0 amide bonds. The Bertz CT molecular complexity index is 837. The highest BCUT2D eigenvalue weighted by atomic mass is 19.2. The van der Waals surface area contributed by atoms with Crippen molar-refractivity contribution in [3.05, 3.63) is 50.5 Å². The number of methoxy groups -OCH3 is 1. The zero-order valence-corrected chi connectivity index (χ0v) is 16.5. The third kappa shape index (κ3) is 5.31. The number of Topliss-reactive ketones (excluding diaryl/α,β-unsaturated/α-hetero) is 1. The fourth-order valence-electron chi connectivity index (χ4n) is 2.54. The van der Waals surface area contributed by atoms with Crippen LogP contribution in [-0.2, 0) is 9.53 Å². The van der Waals surface area contributed by atoms with Crippen molar-refractivity contribution in [1.82, 2.24) is 10.4 Å². The largest absolute Gasteiger partial charge is 0.465 e. The van der Waals surface area contributed by atoms with E-state index in [1.165, 1.54) is 0 Å². The minimum Gasteiger partial charge on any atom is -0.465 e. The van der Waals surface area contributed by atoms with Gasteiger partial charge in [0.2, 0.25) is 11.6 Å². The summed E-state index contributed by atoms with van der Waals surface area (Å²) >= 11 is 0. The first-order valence-electron chi connectivity index (χ1n) is 8.77. The van der Waals surface area contributed by atoms with Crippen molar-refractivity contribution < 1.29 is 32.4 Å². The van der Waals surface area contributed by atoms with Crippen molar-refractivity contribution in [3.63, 3.8) is 0 Å². The van der Waals surface area contributed by atoms with Gasteiger partial charge in [-0.05, 0) is 19.8 Å². The Labute approximate surface area is 165 Å². The Morgan fingerprint density at radius 3 is 2.14 bits per heavy atom. The van der Waals surface area contributed by atoms with Gasteiger partial charge in [0, 0.05) is 24.9 Å². The quantitative estimate of drug-likeness (QED) is 0.0912. The van der Waals surface area contributed by atoms with Crippen molar-refractivity contribution in [2.24, 2.45) is 0 Å². The normalized spacial score (nSPS) is 11.5. The summed E-state index contributed by atoms with van der Waals surface area (Å²) in [4.78, 5) is 34.6. The number of nitrogens with one attached hydrogen (secondary N) is 1.